The molecule has 0 bridgehead atoms. The lowest BCUT2D eigenvalue weighted by Crippen LogP contribution is -2.36. The van der Waals surface area contributed by atoms with Crippen LogP contribution >= 0.6 is 0 Å². The second-order valence-corrected chi connectivity index (χ2v) is 4.43. The Morgan fingerprint density at radius 3 is 1.71 bits per heavy atom. The maximum atomic E-state index is 10.4. The van der Waals surface area contributed by atoms with Crippen LogP contribution < -0.4 is 19.3 Å². The minimum atomic E-state index is -1.11. The van der Waals surface area contributed by atoms with Gasteiger partial charge in [0.1, 0.15) is 0 Å². The van der Waals surface area contributed by atoms with E-state index in [0.29, 0.717) is 6.67 Å². The molecule has 0 atom stereocenters. The molecule has 0 saturated carbocycles. The molecule has 0 fully saturated rings. The Kier molecular flexibility index (Phi) is 4.59. The fourth-order valence-corrected chi connectivity index (χ4v) is 1.69. The standard InChI is InChI=1S/C11H14N6O4/c18-10(19)1-3-14-5-12-16(7-14)9-17-8-15(6-13-17)4-2-11(20)21/h5-8H,1-4,9H2. The molecular formula is C11H14N6O4. The summed E-state index contributed by atoms with van der Waals surface area (Å²) in [6.07, 6.45) is 6.15. The fourth-order valence-electron chi connectivity index (χ4n) is 1.69. The summed E-state index contributed by atoms with van der Waals surface area (Å²) in [4.78, 5) is 20.7. The molecule has 0 aromatic carbocycles. The molecule has 0 aliphatic rings. The molecular weight excluding hydrogens is 280 g/mol. The molecule has 2 rings (SSSR count). The Hall–Kier alpha value is -2.78. The first-order chi connectivity index (χ1) is 10.0. The largest absolute Gasteiger partial charge is 0.550 e. The van der Waals surface area contributed by atoms with Crippen LogP contribution in [0.25, 0.3) is 0 Å². The molecule has 0 radical (unpaired) electrons. The third-order valence-corrected chi connectivity index (χ3v) is 2.70. The van der Waals surface area contributed by atoms with Crippen LogP contribution in [0.15, 0.2) is 25.3 Å². The zero-order valence-corrected chi connectivity index (χ0v) is 11.2. The first-order valence-electron chi connectivity index (χ1n) is 6.25. The van der Waals surface area contributed by atoms with Gasteiger partial charge in [0.05, 0.1) is 13.1 Å². The van der Waals surface area contributed by atoms with Gasteiger partial charge in [-0.15, -0.1) is 0 Å². The van der Waals surface area contributed by atoms with Gasteiger partial charge in [-0.2, -0.15) is 0 Å². The predicted molar refractivity (Wildman–Crippen MR) is 59.5 cm³/mol. The second kappa shape index (κ2) is 6.59. The maximum Gasteiger partial charge on any atom is 0.265 e. The van der Waals surface area contributed by atoms with Crippen LogP contribution in [0, 0.1) is 0 Å². The van der Waals surface area contributed by atoms with Crippen molar-refractivity contribution in [1.82, 2.24) is 19.6 Å². The van der Waals surface area contributed by atoms with Gasteiger partial charge in [0.25, 0.3) is 19.3 Å². The molecule has 2 heterocycles. The number of rotatable bonds is 8. The van der Waals surface area contributed by atoms with Crippen molar-refractivity contribution >= 4 is 11.9 Å². The molecule has 10 heteroatoms. The molecule has 21 heavy (non-hydrogen) atoms. The van der Waals surface area contributed by atoms with Crippen molar-refractivity contribution in [2.24, 2.45) is 0 Å². The van der Waals surface area contributed by atoms with Gasteiger partial charge in [-0.1, -0.05) is 9.36 Å². The molecule has 0 amide bonds. The van der Waals surface area contributed by atoms with E-state index in [4.69, 9.17) is 0 Å². The highest BCUT2D eigenvalue weighted by Gasteiger charge is 2.12. The van der Waals surface area contributed by atoms with Crippen LogP contribution in [0.4, 0.5) is 0 Å². The van der Waals surface area contributed by atoms with Crippen LogP contribution in [0.2, 0.25) is 0 Å². The summed E-state index contributed by atoms with van der Waals surface area (Å²) >= 11 is 0. The van der Waals surface area contributed by atoms with Gasteiger partial charge in [0, 0.05) is 35.0 Å². The number of carboxylic acids is 2. The number of aliphatic carboxylic acids is 2. The van der Waals surface area contributed by atoms with Gasteiger partial charge >= 0.3 is 0 Å². The number of carboxylic acid groups (broad SMARTS) is 2. The minimum absolute atomic E-state index is 0.0820. The Balaban J connectivity index is 1.89. The van der Waals surface area contributed by atoms with E-state index in [-0.39, 0.29) is 25.9 Å². The lowest BCUT2D eigenvalue weighted by atomic mass is 10.4. The van der Waals surface area contributed by atoms with Gasteiger partial charge in [-0.05, 0) is 0 Å². The molecule has 0 unspecified atom stereocenters. The first kappa shape index (κ1) is 14.6. The molecule has 112 valence electrons. The van der Waals surface area contributed by atoms with Gasteiger partial charge in [-0.25, -0.2) is 9.13 Å². The average Bonchev–Trinajstić information content (AvgIpc) is 3.04. The Morgan fingerprint density at radius 1 is 0.905 bits per heavy atom. The highest BCUT2D eigenvalue weighted by Crippen LogP contribution is 1.85. The van der Waals surface area contributed by atoms with Crippen molar-refractivity contribution in [1.29, 1.82) is 0 Å². The Labute approximate surface area is 119 Å². The number of carbonyl (C=O) groups is 2. The Morgan fingerprint density at radius 2 is 1.33 bits per heavy atom. The molecule has 0 aliphatic carbocycles. The summed E-state index contributed by atoms with van der Waals surface area (Å²) in [6, 6.07) is 0. The molecule has 2 aromatic heterocycles. The van der Waals surface area contributed by atoms with E-state index in [1.165, 1.54) is 12.7 Å². The van der Waals surface area contributed by atoms with E-state index in [1.54, 1.807) is 31.2 Å². The lowest BCUT2D eigenvalue weighted by Gasteiger charge is -1.97. The number of aryl methyl sites for hydroxylation is 2. The topological polar surface area (TPSA) is 124 Å². The molecule has 0 N–H and O–H groups in total. The average molecular weight is 294 g/mol. The molecule has 0 spiro atoms. The number of aromatic nitrogens is 6. The lowest BCUT2D eigenvalue weighted by molar-refractivity contribution is -0.697. The van der Waals surface area contributed by atoms with Gasteiger partial charge in [-0.3, -0.25) is 0 Å². The quantitative estimate of drug-likeness (QED) is 0.452. The monoisotopic (exact) mass is 294 g/mol. The van der Waals surface area contributed by atoms with Crippen LogP contribution in [0.3, 0.4) is 0 Å². The molecule has 0 saturated heterocycles. The summed E-state index contributed by atoms with van der Waals surface area (Å²) in [5.41, 5.74) is 0. The van der Waals surface area contributed by atoms with Crippen LogP contribution in [-0.2, 0) is 29.3 Å². The van der Waals surface area contributed by atoms with Gasteiger partial charge in [0.2, 0.25) is 12.7 Å². The van der Waals surface area contributed by atoms with E-state index in [0.717, 1.165) is 0 Å². The van der Waals surface area contributed by atoms with Gasteiger partial charge in [0.15, 0.2) is 0 Å². The van der Waals surface area contributed by atoms with Gasteiger partial charge < -0.3 is 19.8 Å². The summed E-state index contributed by atoms with van der Waals surface area (Å²) in [5, 5.41) is 28.9. The highest BCUT2D eigenvalue weighted by molar-refractivity contribution is 5.64. The number of hydrogen-bond donors (Lipinski definition) is 0. The normalized spacial score (nSPS) is 10.7. The maximum absolute atomic E-state index is 10.4. The van der Waals surface area contributed by atoms with Crippen molar-refractivity contribution < 1.29 is 28.9 Å². The van der Waals surface area contributed by atoms with Crippen LogP contribution in [0.5, 0.6) is 0 Å². The van der Waals surface area contributed by atoms with Crippen LogP contribution in [0.1, 0.15) is 12.8 Å². The summed E-state index contributed by atoms with van der Waals surface area (Å²) < 4.78 is 6.41. The summed E-state index contributed by atoms with van der Waals surface area (Å²) in [5.74, 6) is -2.23. The highest BCUT2D eigenvalue weighted by atomic mass is 16.4. The number of nitrogens with zero attached hydrogens (tertiary/aromatic N) is 6. The predicted octanol–water partition coefficient (Wildman–Crippen LogP) is -4.56. The Bertz CT molecular complexity index is 580. The zero-order chi connectivity index (χ0) is 15.2. The van der Waals surface area contributed by atoms with Crippen molar-refractivity contribution in [3.8, 4) is 0 Å². The van der Waals surface area contributed by atoms with Crippen molar-refractivity contribution in [2.45, 2.75) is 32.6 Å². The van der Waals surface area contributed by atoms with E-state index in [1.807, 2.05) is 0 Å². The van der Waals surface area contributed by atoms with E-state index >= 15 is 0 Å². The minimum Gasteiger partial charge on any atom is -0.550 e. The van der Waals surface area contributed by atoms with E-state index in [9.17, 15) is 19.8 Å². The summed E-state index contributed by atoms with van der Waals surface area (Å²) in [6.45, 7) is 0.900. The summed E-state index contributed by atoms with van der Waals surface area (Å²) in [7, 11) is 0. The molecule has 0 aliphatic heterocycles. The van der Waals surface area contributed by atoms with E-state index in [2.05, 4.69) is 10.2 Å². The van der Waals surface area contributed by atoms with Crippen molar-refractivity contribution in [2.75, 3.05) is 0 Å². The number of carbonyl (C=O) groups excluding carboxylic acids is 2. The molecule has 10 nitrogen and oxygen atoms in total. The second-order valence-electron chi connectivity index (χ2n) is 4.43. The fraction of sp³-hybridized carbons (Fsp3) is 0.455. The van der Waals surface area contributed by atoms with Crippen molar-refractivity contribution in [3.05, 3.63) is 25.3 Å². The van der Waals surface area contributed by atoms with Crippen LogP contribution in [-0.4, -0.2) is 31.5 Å². The SMILES string of the molecule is O=C([O-])CC[n+]1cnn(Cn2c[n+](CCC(=O)[O-])cn2)c1. The van der Waals surface area contributed by atoms with Crippen molar-refractivity contribution in [3.63, 3.8) is 0 Å². The van der Waals surface area contributed by atoms with E-state index < -0.39 is 11.9 Å². The third kappa shape index (κ3) is 4.67. The smallest absolute Gasteiger partial charge is 0.265 e. The third-order valence-electron chi connectivity index (χ3n) is 2.70. The number of hydrogen-bond acceptors (Lipinski definition) is 6. The zero-order valence-electron chi connectivity index (χ0n) is 11.2. The molecule has 2 aromatic rings. The first-order valence-corrected chi connectivity index (χ1v) is 6.25.